The average Bonchev–Trinajstić information content (AvgIpc) is 2.57. The summed E-state index contributed by atoms with van der Waals surface area (Å²) in [6.07, 6.45) is 11.7. The first-order chi connectivity index (χ1) is 12.8. The van der Waals surface area contributed by atoms with E-state index in [-0.39, 0.29) is 11.9 Å². The molecule has 3 heteroatoms. The van der Waals surface area contributed by atoms with Gasteiger partial charge in [-0.15, -0.1) is 5.73 Å². The molecular weight excluding hydrogens is 336 g/mol. The summed E-state index contributed by atoms with van der Waals surface area (Å²) in [6, 6.07) is 7.40. The molecule has 1 aromatic carbocycles. The molecule has 2 atom stereocenters. The Morgan fingerprint density at radius 2 is 1.96 bits per heavy atom. The van der Waals surface area contributed by atoms with Gasteiger partial charge in [0, 0.05) is 5.92 Å². The molecule has 1 aromatic rings. The zero-order chi connectivity index (χ0) is 19.9. The molecule has 0 heterocycles. The van der Waals surface area contributed by atoms with Crippen molar-refractivity contribution in [2.45, 2.75) is 64.6 Å². The lowest BCUT2D eigenvalue weighted by Crippen LogP contribution is -2.24. The van der Waals surface area contributed by atoms with Crippen molar-refractivity contribution in [2.24, 2.45) is 0 Å². The first-order valence-corrected chi connectivity index (χ1v) is 9.58. The summed E-state index contributed by atoms with van der Waals surface area (Å²) in [4.78, 5) is 12.2. The third kappa shape index (κ3) is 6.71. The van der Waals surface area contributed by atoms with Gasteiger partial charge in [0.1, 0.15) is 5.60 Å². The van der Waals surface area contributed by atoms with E-state index in [0.29, 0.717) is 12.0 Å². The fraction of sp³-hybridized carbons (Fsp3) is 0.417. The predicted octanol–water partition coefficient (Wildman–Crippen LogP) is 5.48. The highest BCUT2D eigenvalue weighted by atomic mass is 16.6. The maximum Gasteiger partial charge on any atom is 0.338 e. The molecule has 1 aliphatic rings. The van der Waals surface area contributed by atoms with E-state index >= 15 is 0 Å². The quantitative estimate of drug-likeness (QED) is 0.535. The first-order valence-electron chi connectivity index (χ1n) is 9.58. The van der Waals surface area contributed by atoms with Crippen LogP contribution in [0, 0.1) is 0 Å². The van der Waals surface area contributed by atoms with Gasteiger partial charge in [0.05, 0.1) is 11.7 Å². The van der Waals surface area contributed by atoms with Crippen molar-refractivity contribution in [2.75, 3.05) is 0 Å². The van der Waals surface area contributed by atoms with Crippen molar-refractivity contribution in [3.63, 3.8) is 0 Å². The van der Waals surface area contributed by atoms with Crippen LogP contribution >= 0.6 is 0 Å². The number of hydrogen-bond acceptors (Lipinski definition) is 3. The van der Waals surface area contributed by atoms with E-state index in [0.717, 1.165) is 24.0 Å². The minimum absolute atomic E-state index is 0.0171. The van der Waals surface area contributed by atoms with Gasteiger partial charge < -0.3 is 9.84 Å². The molecule has 0 radical (unpaired) electrons. The van der Waals surface area contributed by atoms with E-state index in [1.54, 1.807) is 12.1 Å². The van der Waals surface area contributed by atoms with Crippen LogP contribution in [0.25, 0.3) is 0 Å². The number of aliphatic hydroxyl groups is 1. The number of allylic oxidation sites excluding steroid dienone is 4. The monoisotopic (exact) mass is 366 g/mol. The zero-order valence-electron chi connectivity index (χ0n) is 16.7. The third-order valence-corrected chi connectivity index (χ3v) is 4.44. The number of esters is 1. The number of carbonyl (C=O) groups is 1. The van der Waals surface area contributed by atoms with Crippen LogP contribution < -0.4 is 0 Å². The highest BCUT2D eigenvalue weighted by Gasteiger charge is 2.22. The van der Waals surface area contributed by atoms with E-state index in [4.69, 9.17) is 4.74 Å². The lowest BCUT2D eigenvalue weighted by atomic mass is 9.87. The minimum atomic E-state index is -0.513. The number of rotatable bonds is 6. The molecule has 0 bridgehead atoms. The van der Waals surface area contributed by atoms with Gasteiger partial charge in [-0.1, -0.05) is 37.3 Å². The van der Waals surface area contributed by atoms with Gasteiger partial charge in [-0.05, 0) is 75.5 Å². The van der Waals surface area contributed by atoms with Crippen molar-refractivity contribution in [3.05, 3.63) is 77.1 Å². The Morgan fingerprint density at radius 3 is 2.59 bits per heavy atom. The molecule has 0 amide bonds. The molecule has 0 aromatic heterocycles. The van der Waals surface area contributed by atoms with Crippen molar-refractivity contribution in [1.82, 2.24) is 0 Å². The lowest BCUT2D eigenvalue weighted by Gasteiger charge is -2.23. The molecule has 3 nitrogen and oxygen atoms in total. The van der Waals surface area contributed by atoms with E-state index < -0.39 is 11.7 Å². The number of benzene rings is 1. The summed E-state index contributed by atoms with van der Waals surface area (Å²) < 4.78 is 5.41. The van der Waals surface area contributed by atoms with Crippen LogP contribution in [-0.2, 0) is 4.74 Å². The van der Waals surface area contributed by atoms with Crippen molar-refractivity contribution < 1.29 is 14.6 Å². The third-order valence-electron chi connectivity index (χ3n) is 4.44. The predicted molar refractivity (Wildman–Crippen MR) is 110 cm³/mol. The van der Waals surface area contributed by atoms with Crippen molar-refractivity contribution in [1.29, 1.82) is 0 Å². The van der Waals surface area contributed by atoms with Crippen LogP contribution in [0.15, 0.2) is 65.9 Å². The smallest absolute Gasteiger partial charge is 0.338 e. The standard InChI is InChI=1S/C24H30O3/c1-5-21(22(25)17-18-11-9-7-6-8-10-12-18)19-13-15-20(16-14-19)23(26)27-24(2,3)4/h7-9,11-16,21-22,25H,5,10,17H2,1-4H3. The SMILES string of the molecule is CCC(c1ccc(C(=O)OC(C)(C)C)cc1)C(O)CC1=CCC=C=CC=C1. The summed E-state index contributed by atoms with van der Waals surface area (Å²) in [6.45, 7) is 7.64. The van der Waals surface area contributed by atoms with Crippen LogP contribution in [0.4, 0.5) is 0 Å². The van der Waals surface area contributed by atoms with E-state index in [1.807, 2.05) is 57.2 Å². The largest absolute Gasteiger partial charge is 0.456 e. The van der Waals surface area contributed by atoms with Crippen LogP contribution in [0.3, 0.4) is 0 Å². The summed E-state index contributed by atoms with van der Waals surface area (Å²) in [5, 5.41) is 10.8. The molecule has 0 saturated heterocycles. The van der Waals surface area contributed by atoms with Crippen molar-refractivity contribution >= 4 is 5.97 Å². The van der Waals surface area contributed by atoms with Crippen molar-refractivity contribution in [3.8, 4) is 0 Å². The number of aliphatic hydroxyl groups excluding tert-OH is 1. The van der Waals surface area contributed by atoms with Gasteiger partial charge >= 0.3 is 5.97 Å². The molecule has 1 aliphatic carbocycles. The molecule has 2 unspecified atom stereocenters. The summed E-state index contributed by atoms with van der Waals surface area (Å²) in [5.74, 6) is -0.308. The highest BCUT2D eigenvalue weighted by Crippen LogP contribution is 2.28. The van der Waals surface area contributed by atoms with Gasteiger partial charge in [0.15, 0.2) is 0 Å². The second kappa shape index (κ2) is 9.55. The molecule has 27 heavy (non-hydrogen) atoms. The molecule has 0 fully saturated rings. The lowest BCUT2D eigenvalue weighted by molar-refractivity contribution is 0.00695. The second-order valence-electron chi connectivity index (χ2n) is 7.82. The van der Waals surface area contributed by atoms with Crippen LogP contribution in [0.5, 0.6) is 0 Å². The number of ether oxygens (including phenoxy) is 1. The van der Waals surface area contributed by atoms with E-state index in [2.05, 4.69) is 18.7 Å². The Kier molecular flexibility index (Phi) is 7.41. The van der Waals surface area contributed by atoms with Crippen LogP contribution in [-0.4, -0.2) is 22.8 Å². The molecule has 2 rings (SSSR count). The van der Waals surface area contributed by atoms with E-state index in [9.17, 15) is 9.90 Å². The van der Waals surface area contributed by atoms with Gasteiger partial charge in [-0.25, -0.2) is 4.79 Å². The summed E-state index contributed by atoms with van der Waals surface area (Å²) in [7, 11) is 0. The molecule has 0 aliphatic heterocycles. The Hall–Kier alpha value is -2.35. The number of hydrogen-bond donors (Lipinski definition) is 1. The fourth-order valence-electron chi connectivity index (χ4n) is 3.11. The summed E-state index contributed by atoms with van der Waals surface area (Å²) in [5.41, 5.74) is 5.24. The minimum Gasteiger partial charge on any atom is -0.456 e. The Labute approximate surface area is 162 Å². The highest BCUT2D eigenvalue weighted by molar-refractivity contribution is 5.89. The first kappa shape index (κ1) is 21.0. The maximum absolute atomic E-state index is 12.2. The molecule has 0 spiro atoms. The van der Waals surface area contributed by atoms with Gasteiger partial charge in [0.25, 0.3) is 0 Å². The fourth-order valence-corrected chi connectivity index (χ4v) is 3.11. The van der Waals surface area contributed by atoms with Crippen LogP contribution in [0.1, 0.15) is 68.8 Å². The topological polar surface area (TPSA) is 46.5 Å². The Bertz CT molecular complexity index is 754. The second-order valence-corrected chi connectivity index (χ2v) is 7.82. The Balaban J connectivity index is 2.08. The molecular formula is C24H30O3. The van der Waals surface area contributed by atoms with Gasteiger partial charge in [-0.3, -0.25) is 0 Å². The summed E-state index contributed by atoms with van der Waals surface area (Å²) >= 11 is 0. The Morgan fingerprint density at radius 1 is 1.26 bits per heavy atom. The normalized spacial score (nSPS) is 16.3. The van der Waals surface area contributed by atoms with E-state index in [1.165, 1.54) is 0 Å². The molecule has 0 saturated carbocycles. The van der Waals surface area contributed by atoms with Crippen LogP contribution in [0.2, 0.25) is 0 Å². The maximum atomic E-state index is 12.2. The zero-order valence-corrected chi connectivity index (χ0v) is 16.7. The molecule has 1 N–H and O–H groups in total. The molecule has 144 valence electrons. The average molecular weight is 367 g/mol. The number of carbonyl (C=O) groups excluding carboxylic acids is 1. The van der Waals surface area contributed by atoms with Gasteiger partial charge in [0.2, 0.25) is 0 Å². The van der Waals surface area contributed by atoms with Gasteiger partial charge in [-0.2, -0.15) is 0 Å².